The van der Waals surface area contributed by atoms with Gasteiger partial charge in [0.2, 0.25) is 5.13 Å². The quantitative estimate of drug-likeness (QED) is 0.879. The number of rotatable bonds is 4. The predicted octanol–water partition coefficient (Wildman–Crippen LogP) is 1.30. The molecule has 2 aromatic heterocycles. The van der Waals surface area contributed by atoms with Crippen molar-refractivity contribution in [3.8, 4) is 0 Å². The van der Waals surface area contributed by atoms with Crippen molar-refractivity contribution in [1.82, 2.24) is 20.0 Å². The van der Waals surface area contributed by atoms with Crippen LogP contribution in [0.1, 0.15) is 29.3 Å². The lowest BCUT2D eigenvalue weighted by Gasteiger charge is -1.98. The minimum Gasteiger partial charge on any atom is -0.396 e. The molecule has 0 bridgehead atoms. The van der Waals surface area contributed by atoms with Crippen LogP contribution >= 0.6 is 11.3 Å². The van der Waals surface area contributed by atoms with E-state index in [1.54, 1.807) is 13.2 Å². The van der Waals surface area contributed by atoms with Crippen LogP contribution in [0.5, 0.6) is 0 Å². The Labute approximate surface area is 114 Å². The van der Waals surface area contributed by atoms with Crippen molar-refractivity contribution in [3.63, 3.8) is 0 Å². The van der Waals surface area contributed by atoms with Crippen molar-refractivity contribution < 1.29 is 4.79 Å². The molecule has 3 N–H and O–H groups in total. The second-order valence-corrected chi connectivity index (χ2v) is 5.72. The van der Waals surface area contributed by atoms with Crippen LogP contribution in [0, 0.1) is 5.92 Å². The van der Waals surface area contributed by atoms with Crippen LogP contribution in [0.4, 0.5) is 10.8 Å². The van der Waals surface area contributed by atoms with E-state index < -0.39 is 0 Å². The fourth-order valence-electron chi connectivity index (χ4n) is 1.58. The molecule has 7 nitrogen and oxygen atoms in total. The summed E-state index contributed by atoms with van der Waals surface area (Å²) in [5, 5.41) is 16.0. The Bertz CT molecular complexity index is 588. The molecule has 0 aliphatic rings. The summed E-state index contributed by atoms with van der Waals surface area (Å²) in [5.74, 6) is 0.133. The highest BCUT2D eigenvalue weighted by Crippen LogP contribution is 2.19. The average molecular weight is 280 g/mol. The molecule has 2 aromatic rings. The van der Waals surface area contributed by atoms with Crippen molar-refractivity contribution in [1.29, 1.82) is 0 Å². The number of hydrogen-bond donors (Lipinski definition) is 2. The van der Waals surface area contributed by atoms with Gasteiger partial charge < -0.3 is 5.73 Å². The maximum atomic E-state index is 12.0. The number of amides is 1. The molecular weight excluding hydrogens is 264 g/mol. The summed E-state index contributed by atoms with van der Waals surface area (Å²) in [6.45, 7) is 4.21. The summed E-state index contributed by atoms with van der Waals surface area (Å²) in [4.78, 5) is 12.0. The van der Waals surface area contributed by atoms with Crippen LogP contribution in [0.25, 0.3) is 0 Å². The largest absolute Gasteiger partial charge is 0.396 e. The normalized spacial score (nSPS) is 10.9. The molecule has 2 heterocycles. The van der Waals surface area contributed by atoms with Gasteiger partial charge in [-0.2, -0.15) is 5.10 Å². The number of anilines is 2. The molecule has 0 radical (unpaired) electrons. The summed E-state index contributed by atoms with van der Waals surface area (Å²) in [6, 6.07) is 0. The summed E-state index contributed by atoms with van der Waals surface area (Å²) in [6.07, 6.45) is 2.43. The van der Waals surface area contributed by atoms with Gasteiger partial charge in [-0.05, 0) is 5.92 Å². The number of carbonyl (C=O) groups is 1. The second kappa shape index (κ2) is 5.35. The molecule has 0 unspecified atom stereocenters. The van der Waals surface area contributed by atoms with Crippen LogP contribution in [0.2, 0.25) is 0 Å². The van der Waals surface area contributed by atoms with Crippen LogP contribution in [0.15, 0.2) is 6.20 Å². The van der Waals surface area contributed by atoms with Crippen molar-refractivity contribution in [2.75, 3.05) is 11.1 Å². The third-order valence-electron chi connectivity index (χ3n) is 2.34. The van der Waals surface area contributed by atoms with E-state index in [0.29, 0.717) is 16.7 Å². The Balaban J connectivity index is 2.07. The van der Waals surface area contributed by atoms with Gasteiger partial charge in [0.05, 0.1) is 5.69 Å². The first-order valence-electron chi connectivity index (χ1n) is 5.88. The minimum absolute atomic E-state index is 0.197. The zero-order valence-corrected chi connectivity index (χ0v) is 11.9. The lowest BCUT2D eigenvalue weighted by Crippen LogP contribution is -2.14. The lowest BCUT2D eigenvalue weighted by molar-refractivity contribution is 0.102. The van der Waals surface area contributed by atoms with E-state index >= 15 is 0 Å². The Morgan fingerprint density at radius 3 is 2.84 bits per heavy atom. The Hall–Kier alpha value is -1.96. The SMILES string of the molecule is CC(C)Cc1nnc(NC(=O)c2nn(C)cc2N)s1. The van der Waals surface area contributed by atoms with E-state index in [1.807, 2.05) is 0 Å². The van der Waals surface area contributed by atoms with E-state index in [2.05, 4.69) is 34.5 Å². The number of aromatic nitrogens is 4. The number of nitrogens with zero attached hydrogens (tertiary/aromatic N) is 4. The van der Waals surface area contributed by atoms with E-state index in [4.69, 9.17) is 5.73 Å². The standard InChI is InChI=1S/C11H16N6OS/c1-6(2)4-8-14-15-11(19-8)13-10(18)9-7(12)5-17(3)16-9/h5-6H,4,12H2,1-3H3,(H,13,15,18). The van der Waals surface area contributed by atoms with E-state index in [9.17, 15) is 4.79 Å². The van der Waals surface area contributed by atoms with Crippen LogP contribution in [-0.2, 0) is 13.5 Å². The molecule has 0 spiro atoms. The van der Waals surface area contributed by atoms with Crippen LogP contribution < -0.4 is 11.1 Å². The Kier molecular flexibility index (Phi) is 3.79. The maximum Gasteiger partial charge on any atom is 0.280 e. The second-order valence-electron chi connectivity index (χ2n) is 4.66. The van der Waals surface area contributed by atoms with Crippen LogP contribution in [-0.4, -0.2) is 25.9 Å². The first kappa shape index (κ1) is 13.5. The fourth-order valence-corrected chi connectivity index (χ4v) is 2.52. The molecule has 0 aliphatic heterocycles. The van der Waals surface area contributed by atoms with Gasteiger partial charge >= 0.3 is 0 Å². The number of nitrogens with two attached hydrogens (primary N) is 1. The molecule has 1 amide bonds. The van der Waals surface area contributed by atoms with Gasteiger partial charge in [0.25, 0.3) is 5.91 Å². The smallest absolute Gasteiger partial charge is 0.280 e. The van der Waals surface area contributed by atoms with Crippen LogP contribution in [0.3, 0.4) is 0 Å². The highest BCUT2D eigenvalue weighted by molar-refractivity contribution is 7.15. The number of hydrogen-bond acceptors (Lipinski definition) is 6. The van der Waals surface area contributed by atoms with Gasteiger partial charge in [-0.1, -0.05) is 25.2 Å². The third-order valence-corrected chi connectivity index (χ3v) is 3.20. The van der Waals surface area contributed by atoms with E-state index in [0.717, 1.165) is 11.4 Å². The number of nitrogen functional groups attached to an aromatic ring is 1. The number of carbonyl (C=O) groups excluding carboxylic acids is 1. The molecule has 0 aliphatic carbocycles. The topological polar surface area (TPSA) is 98.7 Å². The van der Waals surface area contributed by atoms with Gasteiger partial charge in [-0.3, -0.25) is 14.8 Å². The lowest BCUT2D eigenvalue weighted by atomic mass is 10.1. The molecule has 102 valence electrons. The monoisotopic (exact) mass is 280 g/mol. The maximum absolute atomic E-state index is 12.0. The minimum atomic E-state index is -0.370. The number of nitrogens with one attached hydrogen (secondary N) is 1. The first-order valence-corrected chi connectivity index (χ1v) is 6.70. The summed E-state index contributed by atoms with van der Waals surface area (Å²) >= 11 is 1.37. The molecule has 0 saturated heterocycles. The van der Waals surface area contributed by atoms with E-state index in [1.165, 1.54) is 16.0 Å². The molecule has 0 saturated carbocycles. The van der Waals surface area contributed by atoms with Crippen molar-refractivity contribution in [2.45, 2.75) is 20.3 Å². The Morgan fingerprint density at radius 1 is 1.53 bits per heavy atom. The predicted molar refractivity (Wildman–Crippen MR) is 74.0 cm³/mol. The summed E-state index contributed by atoms with van der Waals surface area (Å²) in [5.41, 5.74) is 6.23. The van der Waals surface area contributed by atoms with Crippen molar-refractivity contribution >= 4 is 28.1 Å². The molecule has 0 atom stereocenters. The first-order chi connectivity index (χ1) is 8.95. The van der Waals surface area contributed by atoms with Gasteiger partial charge in [-0.15, -0.1) is 10.2 Å². The van der Waals surface area contributed by atoms with Gasteiger partial charge in [0.1, 0.15) is 5.01 Å². The van der Waals surface area contributed by atoms with Gasteiger partial charge in [-0.25, -0.2) is 0 Å². The highest BCUT2D eigenvalue weighted by Gasteiger charge is 2.16. The van der Waals surface area contributed by atoms with Gasteiger partial charge in [0.15, 0.2) is 5.69 Å². The van der Waals surface area contributed by atoms with Gasteiger partial charge in [0, 0.05) is 19.7 Å². The molecular formula is C11H16N6OS. The fraction of sp³-hybridized carbons (Fsp3) is 0.455. The summed E-state index contributed by atoms with van der Waals surface area (Å²) in [7, 11) is 1.71. The highest BCUT2D eigenvalue weighted by atomic mass is 32.1. The molecule has 19 heavy (non-hydrogen) atoms. The molecule has 0 aromatic carbocycles. The van der Waals surface area contributed by atoms with Crippen molar-refractivity contribution in [2.24, 2.45) is 13.0 Å². The zero-order chi connectivity index (χ0) is 14.0. The Morgan fingerprint density at radius 2 is 2.26 bits per heavy atom. The molecule has 8 heteroatoms. The van der Waals surface area contributed by atoms with E-state index in [-0.39, 0.29) is 11.6 Å². The zero-order valence-electron chi connectivity index (χ0n) is 11.0. The molecule has 0 fully saturated rings. The number of aryl methyl sites for hydroxylation is 1. The summed E-state index contributed by atoms with van der Waals surface area (Å²) < 4.78 is 1.49. The van der Waals surface area contributed by atoms with Crippen molar-refractivity contribution in [3.05, 3.63) is 16.9 Å². The molecule has 2 rings (SSSR count). The third kappa shape index (κ3) is 3.28. The average Bonchev–Trinajstić information content (AvgIpc) is 2.84.